The van der Waals surface area contributed by atoms with Crippen LogP contribution in [0.3, 0.4) is 0 Å². The average Bonchev–Trinajstić information content (AvgIpc) is 2.90. The van der Waals surface area contributed by atoms with E-state index in [1.807, 2.05) is 54.6 Å². The zero-order chi connectivity index (χ0) is 14.8. The molecule has 104 valence electrons. The Morgan fingerprint density at radius 1 is 0.952 bits per heavy atom. The Bertz CT molecular complexity index is 774. The summed E-state index contributed by atoms with van der Waals surface area (Å²) in [6.45, 7) is 1.62. The second-order valence-corrected chi connectivity index (χ2v) is 4.72. The van der Waals surface area contributed by atoms with Crippen LogP contribution in [0.25, 0.3) is 22.5 Å². The minimum atomic E-state index is -1.03. The summed E-state index contributed by atoms with van der Waals surface area (Å²) in [5.41, 5.74) is 3.36. The van der Waals surface area contributed by atoms with Gasteiger partial charge in [0.1, 0.15) is 5.56 Å². The maximum Gasteiger partial charge on any atom is 0.341 e. The number of rotatable bonds is 3. The molecule has 0 fully saturated rings. The van der Waals surface area contributed by atoms with Crippen molar-refractivity contribution in [2.75, 3.05) is 0 Å². The Labute approximate surface area is 121 Å². The molecule has 1 heterocycles. The fraction of sp³-hybridized carbons (Fsp3) is 0.0588. The number of hydrogen-bond acceptors (Lipinski definition) is 3. The Morgan fingerprint density at radius 3 is 2.14 bits per heavy atom. The van der Waals surface area contributed by atoms with Crippen molar-refractivity contribution in [3.8, 4) is 22.5 Å². The van der Waals surface area contributed by atoms with E-state index >= 15 is 0 Å². The highest BCUT2D eigenvalue weighted by molar-refractivity contribution is 5.95. The molecule has 0 bridgehead atoms. The summed E-state index contributed by atoms with van der Waals surface area (Å²) in [7, 11) is 0. The SMILES string of the molecule is Cc1noc(-c2ccc(-c3ccccc3)cc2)c1C(=O)O. The van der Waals surface area contributed by atoms with Gasteiger partial charge in [0.05, 0.1) is 5.69 Å². The first-order chi connectivity index (χ1) is 10.2. The Hall–Kier alpha value is -2.88. The fourth-order valence-corrected chi connectivity index (χ4v) is 2.26. The van der Waals surface area contributed by atoms with Gasteiger partial charge in [-0.05, 0) is 18.1 Å². The summed E-state index contributed by atoms with van der Waals surface area (Å²) in [4.78, 5) is 11.3. The maximum atomic E-state index is 11.3. The van der Waals surface area contributed by atoms with Crippen molar-refractivity contribution in [1.29, 1.82) is 0 Å². The molecule has 4 nitrogen and oxygen atoms in total. The minimum absolute atomic E-state index is 0.113. The van der Waals surface area contributed by atoms with Gasteiger partial charge in [-0.1, -0.05) is 59.8 Å². The first-order valence-corrected chi connectivity index (χ1v) is 6.52. The molecular weight excluding hydrogens is 266 g/mol. The molecule has 1 N–H and O–H groups in total. The number of carboxylic acid groups (broad SMARTS) is 1. The first-order valence-electron chi connectivity index (χ1n) is 6.52. The molecule has 0 spiro atoms. The Kier molecular flexibility index (Phi) is 3.28. The molecule has 0 saturated carbocycles. The van der Waals surface area contributed by atoms with Gasteiger partial charge in [-0.2, -0.15) is 0 Å². The molecular formula is C17H13NO3. The normalized spacial score (nSPS) is 10.5. The lowest BCUT2D eigenvalue weighted by Crippen LogP contribution is -1.99. The molecule has 0 amide bonds. The second kappa shape index (κ2) is 5.25. The lowest BCUT2D eigenvalue weighted by atomic mass is 10.0. The van der Waals surface area contributed by atoms with Crippen LogP contribution in [0.1, 0.15) is 16.1 Å². The molecule has 0 radical (unpaired) electrons. The number of aryl methyl sites for hydroxylation is 1. The lowest BCUT2D eigenvalue weighted by molar-refractivity contribution is 0.0696. The topological polar surface area (TPSA) is 63.3 Å². The minimum Gasteiger partial charge on any atom is -0.477 e. The van der Waals surface area contributed by atoms with Crippen molar-refractivity contribution < 1.29 is 14.4 Å². The van der Waals surface area contributed by atoms with Gasteiger partial charge in [-0.3, -0.25) is 0 Å². The third-order valence-electron chi connectivity index (χ3n) is 3.33. The molecule has 3 rings (SSSR count). The zero-order valence-corrected chi connectivity index (χ0v) is 11.4. The molecule has 3 aromatic rings. The molecule has 21 heavy (non-hydrogen) atoms. The predicted molar refractivity (Wildman–Crippen MR) is 79.1 cm³/mol. The molecule has 2 aromatic carbocycles. The molecule has 4 heteroatoms. The van der Waals surface area contributed by atoms with Crippen molar-refractivity contribution in [2.24, 2.45) is 0 Å². The predicted octanol–water partition coefficient (Wildman–Crippen LogP) is 4.02. The van der Waals surface area contributed by atoms with Gasteiger partial charge in [0.15, 0.2) is 5.76 Å². The average molecular weight is 279 g/mol. The maximum absolute atomic E-state index is 11.3. The third kappa shape index (κ3) is 2.43. The summed E-state index contributed by atoms with van der Waals surface area (Å²) in [5, 5.41) is 13.0. The van der Waals surface area contributed by atoms with Crippen LogP contribution in [-0.2, 0) is 0 Å². The van der Waals surface area contributed by atoms with Gasteiger partial charge >= 0.3 is 5.97 Å². The van der Waals surface area contributed by atoms with Crippen LogP contribution in [0, 0.1) is 6.92 Å². The van der Waals surface area contributed by atoms with Crippen LogP contribution in [0.2, 0.25) is 0 Å². The smallest absolute Gasteiger partial charge is 0.341 e. The highest BCUT2D eigenvalue weighted by Crippen LogP contribution is 2.28. The van der Waals surface area contributed by atoms with E-state index < -0.39 is 5.97 Å². The molecule has 1 aromatic heterocycles. The van der Waals surface area contributed by atoms with Crippen LogP contribution in [0.15, 0.2) is 59.1 Å². The van der Waals surface area contributed by atoms with Gasteiger partial charge < -0.3 is 9.63 Å². The zero-order valence-electron chi connectivity index (χ0n) is 11.4. The third-order valence-corrected chi connectivity index (χ3v) is 3.33. The molecule has 0 atom stereocenters. The van der Waals surface area contributed by atoms with Gasteiger partial charge in [0.2, 0.25) is 0 Å². The quantitative estimate of drug-likeness (QED) is 0.786. The number of carboxylic acids is 1. The van der Waals surface area contributed by atoms with E-state index in [1.165, 1.54) is 0 Å². The summed E-state index contributed by atoms with van der Waals surface area (Å²) in [6.07, 6.45) is 0. The highest BCUT2D eigenvalue weighted by Gasteiger charge is 2.20. The Morgan fingerprint density at radius 2 is 1.52 bits per heavy atom. The summed E-state index contributed by atoms with van der Waals surface area (Å²) >= 11 is 0. The van der Waals surface area contributed by atoms with E-state index in [2.05, 4.69) is 5.16 Å². The number of carbonyl (C=O) groups is 1. The van der Waals surface area contributed by atoms with Crippen molar-refractivity contribution >= 4 is 5.97 Å². The van der Waals surface area contributed by atoms with E-state index in [-0.39, 0.29) is 5.56 Å². The van der Waals surface area contributed by atoms with Crippen molar-refractivity contribution in [3.05, 3.63) is 65.9 Å². The summed E-state index contributed by atoms with van der Waals surface area (Å²) < 4.78 is 5.16. The largest absolute Gasteiger partial charge is 0.477 e. The number of benzene rings is 2. The van der Waals surface area contributed by atoms with Crippen LogP contribution >= 0.6 is 0 Å². The first kappa shape index (κ1) is 13.1. The number of hydrogen-bond donors (Lipinski definition) is 1. The van der Waals surface area contributed by atoms with Crippen molar-refractivity contribution in [2.45, 2.75) is 6.92 Å². The summed E-state index contributed by atoms with van der Waals surface area (Å²) in [5.74, 6) is -0.740. The van der Waals surface area contributed by atoms with Crippen LogP contribution in [0.5, 0.6) is 0 Å². The van der Waals surface area contributed by atoms with Crippen molar-refractivity contribution in [3.63, 3.8) is 0 Å². The number of nitrogens with zero attached hydrogens (tertiary/aromatic N) is 1. The molecule has 0 aliphatic rings. The van der Waals surface area contributed by atoms with Crippen LogP contribution in [0.4, 0.5) is 0 Å². The van der Waals surface area contributed by atoms with E-state index in [4.69, 9.17) is 4.52 Å². The van der Waals surface area contributed by atoms with Gasteiger partial charge in [0, 0.05) is 5.56 Å². The van der Waals surface area contributed by atoms with Crippen LogP contribution < -0.4 is 0 Å². The van der Waals surface area contributed by atoms with Gasteiger partial charge in [0.25, 0.3) is 0 Å². The van der Waals surface area contributed by atoms with E-state index in [0.29, 0.717) is 17.0 Å². The van der Waals surface area contributed by atoms with E-state index in [1.54, 1.807) is 6.92 Å². The molecule has 0 unspecified atom stereocenters. The fourth-order valence-electron chi connectivity index (χ4n) is 2.26. The van der Waals surface area contributed by atoms with E-state index in [0.717, 1.165) is 11.1 Å². The standard InChI is InChI=1S/C17H13NO3/c1-11-15(17(19)20)16(21-18-11)14-9-7-13(8-10-14)12-5-3-2-4-6-12/h2-10H,1H3,(H,19,20). The number of aromatic carboxylic acids is 1. The van der Waals surface area contributed by atoms with Crippen molar-refractivity contribution in [1.82, 2.24) is 5.16 Å². The lowest BCUT2D eigenvalue weighted by Gasteiger charge is -2.03. The number of aromatic nitrogens is 1. The second-order valence-electron chi connectivity index (χ2n) is 4.72. The summed E-state index contributed by atoms with van der Waals surface area (Å²) in [6, 6.07) is 17.5. The van der Waals surface area contributed by atoms with Gasteiger partial charge in [-0.15, -0.1) is 0 Å². The molecule has 0 aliphatic heterocycles. The molecule has 0 saturated heterocycles. The van der Waals surface area contributed by atoms with Crippen LogP contribution in [-0.4, -0.2) is 16.2 Å². The molecule has 0 aliphatic carbocycles. The van der Waals surface area contributed by atoms with E-state index in [9.17, 15) is 9.90 Å². The highest BCUT2D eigenvalue weighted by atomic mass is 16.5. The van der Waals surface area contributed by atoms with Gasteiger partial charge in [-0.25, -0.2) is 4.79 Å². The Balaban J connectivity index is 2.01. The monoisotopic (exact) mass is 279 g/mol.